The second kappa shape index (κ2) is 10.9. The van der Waals surface area contributed by atoms with Crippen LogP contribution in [0.4, 0.5) is 5.69 Å². The van der Waals surface area contributed by atoms with E-state index < -0.39 is 22.5 Å². The third kappa shape index (κ3) is 6.19. The van der Waals surface area contributed by atoms with Gasteiger partial charge in [0.15, 0.2) is 0 Å². The third-order valence-electron chi connectivity index (χ3n) is 5.03. The molecule has 9 heteroatoms. The number of halogens is 2. The molecule has 0 atom stereocenters. The highest BCUT2D eigenvalue weighted by Crippen LogP contribution is 2.32. The SMILES string of the molecule is Cc1cccc(OCCNC(=O)CN(c2ccc(Cl)cc2Cl)S(=O)(=O)c2ccccc2)c1C. The quantitative estimate of drug-likeness (QED) is 0.414. The van der Waals surface area contributed by atoms with E-state index in [1.807, 2.05) is 32.0 Å². The summed E-state index contributed by atoms with van der Waals surface area (Å²) in [5, 5.41) is 3.18. The standard InChI is InChI=1S/C24H24Cl2N2O4S/c1-17-7-6-10-23(18(17)2)32-14-13-27-24(29)16-28(22-12-11-19(25)15-21(22)26)33(30,31)20-8-4-3-5-9-20/h3-12,15H,13-14,16H2,1-2H3,(H,27,29). The first kappa shape index (κ1) is 24.9. The van der Waals surface area contributed by atoms with Crippen LogP contribution in [0.3, 0.4) is 0 Å². The Morgan fingerprint density at radius 3 is 2.42 bits per heavy atom. The van der Waals surface area contributed by atoms with Crippen LogP contribution in [0.2, 0.25) is 10.0 Å². The molecule has 0 unspecified atom stereocenters. The number of carbonyl (C=O) groups excluding carboxylic acids is 1. The summed E-state index contributed by atoms with van der Waals surface area (Å²) in [4.78, 5) is 12.7. The van der Waals surface area contributed by atoms with Crippen LogP contribution in [0.5, 0.6) is 5.75 Å². The first-order valence-corrected chi connectivity index (χ1v) is 12.4. The topological polar surface area (TPSA) is 75.7 Å². The molecule has 1 N–H and O–H groups in total. The van der Waals surface area contributed by atoms with E-state index in [-0.39, 0.29) is 28.8 Å². The van der Waals surface area contributed by atoms with Crippen LogP contribution in [-0.4, -0.2) is 34.0 Å². The van der Waals surface area contributed by atoms with Gasteiger partial charge < -0.3 is 10.1 Å². The molecule has 1 amide bonds. The van der Waals surface area contributed by atoms with Crippen LogP contribution in [0.1, 0.15) is 11.1 Å². The van der Waals surface area contributed by atoms with E-state index in [1.54, 1.807) is 18.2 Å². The highest BCUT2D eigenvalue weighted by atomic mass is 35.5. The molecule has 3 aromatic rings. The summed E-state index contributed by atoms with van der Waals surface area (Å²) < 4.78 is 33.4. The molecule has 0 saturated carbocycles. The lowest BCUT2D eigenvalue weighted by Crippen LogP contribution is -2.42. The van der Waals surface area contributed by atoms with Crippen molar-refractivity contribution in [3.63, 3.8) is 0 Å². The molecule has 0 aliphatic rings. The second-order valence-electron chi connectivity index (χ2n) is 7.32. The van der Waals surface area contributed by atoms with Crippen LogP contribution >= 0.6 is 23.2 Å². The summed E-state index contributed by atoms with van der Waals surface area (Å²) in [5.74, 6) is 0.246. The van der Waals surface area contributed by atoms with E-state index in [4.69, 9.17) is 27.9 Å². The molecule has 33 heavy (non-hydrogen) atoms. The van der Waals surface area contributed by atoms with Crippen molar-refractivity contribution in [2.45, 2.75) is 18.7 Å². The molecule has 0 bridgehead atoms. The molecule has 6 nitrogen and oxygen atoms in total. The fourth-order valence-corrected chi connectivity index (χ4v) is 5.14. The van der Waals surface area contributed by atoms with Gasteiger partial charge >= 0.3 is 0 Å². The summed E-state index contributed by atoms with van der Waals surface area (Å²) in [6.45, 7) is 3.95. The Bertz CT molecular complexity index is 1230. The fraction of sp³-hybridized carbons (Fsp3) is 0.208. The first-order chi connectivity index (χ1) is 15.7. The van der Waals surface area contributed by atoms with Gasteiger partial charge in [0.25, 0.3) is 10.0 Å². The van der Waals surface area contributed by atoms with Crippen molar-refractivity contribution >= 4 is 44.8 Å². The highest BCUT2D eigenvalue weighted by molar-refractivity contribution is 7.92. The molecule has 3 rings (SSSR count). The van der Waals surface area contributed by atoms with Gasteiger partial charge in [-0.2, -0.15) is 0 Å². The van der Waals surface area contributed by atoms with E-state index in [1.165, 1.54) is 30.3 Å². The number of benzene rings is 3. The van der Waals surface area contributed by atoms with Crippen molar-refractivity contribution in [2.75, 3.05) is 24.0 Å². The molecule has 0 aromatic heterocycles. The number of nitrogens with zero attached hydrogens (tertiary/aromatic N) is 1. The number of nitrogens with one attached hydrogen (secondary N) is 1. The summed E-state index contributed by atoms with van der Waals surface area (Å²) in [7, 11) is -4.05. The largest absolute Gasteiger partial charge is 0.491 e. The van der Waals surface area contributed by atoms with Gasteiger partial charge in [0, 0.05) is 5.02 Å². The smallest absolute Gasteiger partial charge is 0.264 e. The molecular formula is C24H24Cl2N2O4S. The van der Waals surface area contributed by atoms with Gasteiger partial charge in [-0.15, -0.1) is 0 Å². The zero-order valence-electron chi connectivity index (χ0n) is 18.2. The number of amides is 1. The normalized spacial score (nSPS) is 11.2. The summed E-state index contributed by atoms with van der Waals surface area (Å²) in [5.41, 5.74) is 2.30. The molecule has 0 aliphatic carbocycles. The Hall–Kier alpha value is -2.74. The van der Waals surface area contributed by atoms with Crippen LogP contribution in [0, 0.1) is 13.8 Å². The predicted octanol–water partition coefficient (Wildman–Crippen LogP) is 5.00. The van der Waals surface area contributed by atoms with E-state index in [9.17, 15) is 13.2 Å². The van der Waals surface area contributed by atoms with Crippen molar-refractivity contribution in [2.24, 2.45) is 0 Å². The van der Waals surface area contributed by atoms with Gasteiger partial charge in [-0.3, -0.25) is 9.10 Å². The molecular weight excluding hydrogens is 483 g/mol. The maximum absolute atomic E-state index is 13.3. The monoisotopic (exact) mass is 506 g/mol. The van der Waals surface area contributed by atoms with E-state index in [0.29, 0.717) is 5.02 Å². The lowest BCUT2D eigenvalue weighted by Gasteiger charge is -2.25. The van der Waals surface area contributed by atoms with Gasteiger partial charge in [-0.1, -0.05) is 53.5 Å². The average Bonchev–Trinajstić information content (AvgIpc) is 2.79. The Kier molecular flexibility index (Phi) is 8.24. The number of anilines is 1. The number of aryl methyl sites for hydroxylation is 1. The maximum atomic E-state index is 13.3. The summed E-state index contributed by atoms with van der Waals surface area (Å²) in [6.07, 6.45) is 0. The summed E-state index contributed by atoms with van der Waals surface area (Å²) >= 11 is 12.3. The van der Waals surface area contributed by atoms with Crippen LogP contribution in [-0.2, 0) is 14.8 Å². The lowest BCUT2D eigenvalue weighted by molar-refractivity contribution is -0.119. The number of carbonyl (C=O) groups is 1. The van der Waals surface area contributed by atoms with E-state index >= 15 is 0 Å². The van der Waals surface area contributed by atoms with Crippen molar-refractivity contribution in [1.29, 1.82) is 0 Å². The van der Waals surface area contributed by atoms with Gasteiger partial charge in [0.2, 0.25) is 5.91 Å². The maximum Gasteiger partial charge on any atom is 0.264 e. The first-order valence-electron chi connectivity index (χ1n) is 10.2. The molecule has 3 aromatic carbocycles. The highest BCUT2D eigenvalue weighted by Gasteiger charge is 2.28. The van der Waals surface area contributed by atoms with E-state index in [0.717, 1.165) is 21.2 Å². The van der Waals surface area contributed by atoms with Gasteiger partial charge in [0.1, 0.15) is 18.9 Å². The minimum atomic E-state index is -4.05. The van der Waals surface area contributed by atoms with Crippen LogP contribution in [0.15, 0.2) is 71.6 Å². The fourth-order valence-electron chi connectivity index (χ4n) is 3.12. The zero-order valence-corrected chi connectivity index (χ0v) is 20.5. The number of rotatable bonds is 9. The Labute approximate surface area is 204 Å². The number of sulfonamides is 1. The van der Waals surface area contributed by atoms with Gasteiger partial charge in [-0.05, 0) is 61.4 Å². The van der Waals surface area contributed by atoms with Crippen LogP contribution in [0.25, 0.3) is 0 Å². The van der Waals surface area contributed by atoms with Crippen LogP contribution < -0.4 is 14.4 Å². The Balaban J connectivity index is 1.73. The molecule has 0 aliphatic heterocycles. The molecule has 0 fully saturated rings. The van der Waals surface area contributed by atoms with Crippen molar-refractivity contribution in [3.8, 4) is 5.75 Å². The third-order valence-corrected chi connectivity index (χ3v) is 7.35. The predicted molar refractivity (Wildman–Crippen MR) is 132 cm³/mol. The lowest BCUT2D eigenvalue weighted by atomic mass is 10.1. The second-order valence-corrected chi connectivity index (χ2v) is 10.0. The van der Waals surface area contributed by atoms with Crippen molar-refractivity contribution in [3.05, 3.63) is 87.9 Å². The van der Waals surface area contributed by atoms with E-state index in [2.05, 4.69) is 5.32 Å². The number of hydrogen-bond acceptors (Lipinski definition) is 4. The number of hydrogen-bond donors (Lipinski definition) is 1. The Morgan fingerprint density at radius 2 is 1.73 bits per heavy atom. The average molecular weight is 507 g/mol. The molecule has 0 spiro atoms. The van der Waals surface area contributed by atoms with Crippen molar-refractivity contribution < 1.29 is 17.9 Å². The van der Waals surface area contributed by atoms with Gasteiger partial charge in [-0.25, -0.2) is 8.42 Å². The molecule has 0 saturated heterocycles. The minimum absolute atomic E-state index is 0.0436. The number of ether oxygens (including phenoxy) is 1. The summed E-state index contributed by atoms with van der Waals surface area (Å²) in [6, 6.07) is 18.0. The van der Waals surface area contributed by atoms with Gasteiger partial charge in [0.05, 0.1) is 22.2 Å². The molecule has 0 heterocycles. The Morgan fingerprint density at radius 1 is 1.00 bits per heavy atom. The molecule has 174 valence electrons. The molecule has 0 radical (unpaired) electrons. The minimum Gasteiger partial charge on any atom is -0.491 e. The van der Waals surface area contributed by atoms with Crippen molar-refractivity contribution in [1.82, 2.24) is 5.32 Å². The zero-order chi connectivity index (χ0) is 24.0.